The van der Waals surface area contributed by atoms with Crippen LogP contribution in [0.25, 0.3) is 0 Å². The molecule has 1 N–H and O–H groups in total. The second-order valence-electron chi connectivity index (χ2n) is 5.33. The Morgan fingerprint density at radius 1 is 1.06 bits per heavy atom. The van der Waals surface area contributed by atoms with Crippen LogP contribution in [0.15, 0.2) is 0 Å². The number of ether oxygens (including phenoxy) is 2. The van der Waals surface area contributed by atoms with E-state index in [1.165, 1.54) is 12.8 Å². The molecule has 3 heteroatoms. The van der Waals surface area contributed by atoms with Crippen molar-refractivity contribution < 1.29 is 9.47 Å². The Balaban J connectivity index is 1.78. The highest BCUT2D eigenvalue weighted by Crippen LogP contribution is 2.18. The SMILES string of the molecule is CC(C)COCCOCC(C)CNC1CC1. The van der Waals surface area contributed by atoms with Gasteiger partial charge >= 0.3 is 0 Å². The topological polar surface area (TPSA) is 30.5 Å². The van der Waals surface area contributed by atoms with Crippen molar-refractivity contribution in [3.8, 4) is 0 Å². The van der Waals surface area contributed by atoms with Gasteiger partial charge in [0, 0.05) is 19.2 Å². The molecule has 0 aromatic carbocycles. The highest BCUT2D eigenvalue weighted by Gasteiger charge is 2.20. The largest absolute Gasteiger partial charge is 0.379 e. The molecule has 1 atom stereocenters. The van der Waals surface area contributed by atoms with Crippen LogP contribution in [0.5, 0.6) is 0 Å². The third-order valence-corrected chi connectivity index (χ3v) is 2.56. The first-order valence-electron chi connectivity index (χ1n) is 6.57. The van der Waals surface area contributed by atoms with Crippen molar-refractivity contribution in [1.29, 1.82) is 0 Å². The van der Waals surface area contributed by atoms with Gasteiger partial charge in [-0.2, -0.15) is 0 Å². The maximum atomic E-state index is 5.56. The fourth-order valence-corrected chi connectivity index (χ4v) is 1.44. The van der Waals surface area contributed by atoms with E-state index in [1.807, 2.05) is 0 Å². The van der Waals surface area contributed by atoms with Crippen LogP contribution in [-0.2, 0) is 9.47 Å². The van der Waals surface area contributed by atoms with Crippen LogP contribution in [0.3, 0.4) is 0 Å². The van der Waals surface area contributed by atoms with Gasteiger partial charge in [-0.25, -0.2) is 0 Å². The first-order valence-corrected chi connectivity index (χ1v) is 6.57. The number of hydrogen-bond donors (Lipinski definition) is 1. The maximum Gasteiger partial charge on any atom is 0.0700 e. The van der Waals surface area contributed by atoms with E-state index in [0.29, 0.717) is 11.8 Å². The van der Waals surface area contributed by atoms with Crippen LogP contribution in [0.2, 0.25) is 0 Å². The van der Waals surface area contributed by atoms with Crippen molar-refractivity contribution in [1.82, 2.24) is 5.32 Å². The summed E-state index contributed by atoms with van der Waals surface area (Å²) in [5, 5.41) is 3.51. The van der Waals surface area contributed by atoms with Crippen molar-refractivity contribution in [2.75, 3.05) is 33.0 Å². The van der Waals surface area contributed by atoms with Crippen LogP contribution in [0.4, 0.5) is 0 Å². The van der Waals surface area contributed by atoms with E-state index in [-0.39, 0.29) is 0 Å². The summed E-state index contributed by atoms with van der Waals surface area (Å²) in [6.07, 6.45) is 2.72. The minimum Gasteiger partial charge on any atom is -0.379 e. The molecule has 16 heavy (non-hydrogen) atoms. The molecular weight excluding hydrogens is 202 g/mol. The lowest BCUT2D eigenvalue weighted by molar-refractivity contribution is 0.0274. The molecule has 1 saturated carbocycles. The number of nitrogens with one attached hydrogen (secondary N) is 1. The van der Waals surface area contributed by atoms with Crippen molar-refractivity contribution in [2.45, 2.75) is 39.7 Å². The zero-order valence-corrected chi connectivity index (χ0v) is 11.0. The highest BCUT2D eigenvalue weighted by molar-refractivity contribution is 4.81. The predicted octanol–water partition coefficient (Wildman–Crippen LogP) is 2.06. The summed E-state index contributed by atoms with van der Waals surface area (Å²) < 4.78 is 11.0. The Hall–Kier alpha value is -0.120. The van der Waals surface area contributed by atoms with Gasteiger partial charge in [0.1, 0.15) is 0 Å². The molecular formula is C13H27NO2. The minimum atomic E-state index is 0.602. The summed E-state index contributed by atoms with van der Waals surface area (Å²) in [4.78, 5) is 0. The summed E-state index contributed by atoms with van der Waals surface area (Å²) in [5.41, 5.74) is 0. The smallest absolute Gasteiger partial charge is 0.0700 e. The molecule has 0 saturated heterocycles. The Morgan fingerprint density at radius 3 is 2.25 bits per heavy atom. The van der Waals surface area contributed by atoms with Gasteiger partial charge in [0.25, 0.3) is 0 Å². The van der Waals surface area contributed by atoms with Crippen LogP contribution in [0.1, 0.15) is 33.6 Å². The molecule has 1 aliphatic carbocycles. The van der Waals surface area contributed by atoms with E-state index < -0.39 is 0 Å². The first-order chi connectivity index (χ1) is 7.68. The summed E-state index contributed by atoms with van der Waals surface area (Å²) in [7, 11) is 0. The molecule has 0 heterocycles. The molecule has 3 nitrogen and oxygen atoms in total. The lowest BCUT2D eigenvalue weighted by atomic mass is 10.2. The van der Waals surface area contributed by atoms with Crippen molar-refractivity contribution in [3.05, 3.63) is 0 Å². The van der Waals surface area contributed by atoms with E-state index in [4.69, 9.17) is 9.47 Å². The van der Waals surface area contributed by atoms with Crippen molar-refractivity contribution in [2.24, 2.45) is 11.8 Å². The normalized spacial score (nSPS) is 18.0. The van der Waals surface area contributed by atoms with E-state index in [9.17, 15) is 0 Å². The lowest BCUT2D eigenvalue weighted by Gasteiger charge is -2.13. The molecule has 0 aliphatic heterocycles. The van der Waals surface area contributed by atoms with Crippen LogP contribution in [0, 0.1) is 11.8 Å². The Morgan fingerprint density at radius 2 is 1.69 bits per heavy atom. The summed E-state index contributed by atoms with van der Waals surface area (Å²) >= 11 is 0. The van der Waals surface area contributed by atoms with Gasteiger partial charge < -0.3 is 14.8 Å². The summed E-state index contributed by atoms with van der Waals surface area (Å²) in [5.74, 6) is 1.22. The van der Waals surface area contributed by atoms with Gasteiger partial charge in [0.15, 0.2) is 0 Å². The fraction of sp³-hybridized carbons (Fsp3) is 1.00. The predicted molar refractivity (Wildman–Crippen MR) is 66.7 cm³/mol. The molecule has 1 fully saturated rings. The van der Waals surface area contributed by atoms with E-state index in [2.05, 4.69) is 26.1 Å². The van der Waals surface area contributed by atoms with Crippen molar-refractivity contribution in [3.63, 3.8) is 0 Å². The molecule has 0 aromatic rings. The standard InChI is InChI=1S/C13H27NO2/c1-11(2)9-15-6-7-16-10-12(3)8-14-13-4-5-13/h11-14H,4-10H2,1-3H3. The van der Waals surface area contributed by atoms with Crippen LogP contribution in [-0.4, -0.2) is 39.0 Å². The molecule has 1 rings (SSSR count). The summed E-state index contributed by atoms with van der Waals surface area (Å²) in [6.45, 7) is 10.7. The van der Waals surface area contributed by atoms with Gasteiger partial charge in [0.05, 0.1) is 19.8 Å². The Labute approximate surface area is 99.9 Å². The molecule has 1 unspecified atom stereocenters. The minimum absolute atomic E-state index is 0.602. The van der Waals surface area contributed by atoms with Crippen molar-refractivity contribution >= 4 is 0 Å². The number of rotatable bonds is 10. The Bertz CT molecular complexity index is 169. The van der Waals surface area contributed by atoms with Gasteiger partial charge in [-0.3, -0.25) is 0 Å². The van der Waals surface area contributed by atoms with Gasteiger partial charge in [-0.15, -0.1) is 0 Å². The third-order valence-electron chi connectivity index (χ3n) is 2.56. The van der Waals surface area contributed by atoms with Gasteiger partial charge in [0.2, 0.25) is 0 Å². The van der Waals surface area contributed by atoms with Crippen LogP contribution >= 0.6 is 0 Å². The third kappa shape index (κ3) is 8.08. The summed E-state index contributed by atoms with van der Waals surface area (Å²) in [6, 6.07) is 0.803. The van der Waals surface area contributed by atoms with Gasteiger partial charge in [-0.05, 0) is 24.7 Å². The van der Waals surface area contributed by atoms with E-state index in [0.717, 1.165) is 39.0 Å². The average Bonchev–Trinajstić information content (AvgIpc) is 3.03. The molecule has 96 valence electrons. The maximum absolute atomic E-state index is 5.56. The quantitative estimate of drug-likeness (QED) is 0.582. The monoisotopic (exact) mass is 229 g/mol. The molecule has 0 aromatic heterocycles. The molecule has 0 bridgehead atoms. The first kappa shape index (κ1) is 13.9. The number of hydrogen-bond acceptors (Lipinski definition) is 3. The lowest BCUT2D eigenvalue weighted by Crippen LogP contribution is -2.26. The zero-order chi connectivity index (χ0) is 11.8. The molecule has 0 spiro atoms. The average molecular weight is 229 g/mol. The van der Waals surface area contributed by atoms with E-state index in [1.54, 1.807) is 0 Å². The molecule has 0 radical (unpaired) electrons. The fourth-order valence-electron chi connectivity index (χ4n) is 1.44. The molecule has 0 amide bonds. The van der Waals surface area contributed by atoms with Crippen LogP contribution < -0.4 is 5.32 Å². The molecule has 1 aliphatic rings. The zero-order valence-electron chi connectivity index (χ0n) is 11.0. The second-order valence-corrected chi connectivity index (χ2v) is 5.33. The highest BCUT2D eigenvalue weighted by atomic mass is 16.5. The van der Waals surface area contributed by atoms with E-state index >= 15 is 0 Å². The Kier molecular flexibility index (Phi) is 7.01. The second kappa shape index (κ2) is 8.04. The van der Waals surface area contributed by atoms with Gasteiger partial charge in [-0.1, -0.05) is 20.8 Å².